The fraction of sp³-hybridized carbons (Fsp3) is 0.286. The second kappa shape index (κ2) is 9.04. The molecule has 0 atom stereocenters. The van der Waals surface area contributed by atoms with E-state index >= 15 is 0 Å². The van der Waals surface area contributed by atoms with Gasteiger partial charge in [-0.1, -0.05) is 61.0 Å². The van der Waals surface area contributed by atoms with Crippen LogP contribution in [0.3, 0.4) is 0 Å². The first-order valence-electron chi connectivity index (χ1n) is 8.24. The molecule has 126 valence electrons. The molecule has 3 heteroatoms. The SMILES string of the molecule is CCC(=CC(=O)NCc1cccc(COC)c1)c1ccc(C)cc1. The number of ether oxygens (including phenoxy) is 1. The first-order chi connectivity index (χ1) is 11.6. The summed E-state index contributed by atoms with van der Waals surface area (Å²) in [5.74, 6) is -0.0652. The molecule has 0 aliphatic carbocycles. The normalized spacial score (nSPS) is 11.4. The van der Waals surface area contributed by atoms with Crippen LogP contribution in [-0.4, -0.2) is 13.0 Å². The molecule has 0 aromatic heterocycles. The molecular weight excluding hydrogens is 298 g/mol. The monoisotopic (exact) mass is 323 g/mol. The number of rotatable bonds is 7. The molecule has 1 amide bonds. The number of aryl methyl sites for hydroxylation is 1. The lowest BCUT2D eigenvalue weighted by molar-refractivity contribution is -0.116. The Morgan fingerprint density at radius 3 is 2.50 bits per heavy atom. The number of methoxy groups -OCH3 is 1. The van der Waals surface area contributed by atoms with Gasteiger partial charge in [-0.2, -0.15) is 0 Å². The quantitative estimate of drug-likeness (QED) is 0.774. The average molecular weight is 323 g/mol. The van der Waals surface area contributed by atoms with Crippen molar-refractivity contribution in [1.29, 1.82) is 0 Å². The third-order valence-electron chi connectivity index (χ3n) is 3.88. The van der Waals surface area contributed by atoms with Crippen molar-refractivity contribution in [2.45, 2.75) is 33.4 Å². The van der Waals surface area contributed by atoms with Crippen molar-refractivity contribution in [2.24, 2.45) is 0 Å². The fourth-order valence-electron chi connectivity index (χ4n) is 2.55. The number of hydrogen-bond donors (Lipinski definition) is 1. The molecule has 0 fully saturated rings. The third-order valence-corrected chi connectivity index (χ3v) is 3.88. The van der Waals surface area contributed by atoms with Gasteiger partial charge in [0.15, 0.2) is 0 Å². The van der Waals surface area contributed by atoms with Crippen molar-refractivity contribution in [2.75, 3.05) is 7.11 Å². The summed E-state index contributed by atoms with van der Waals surface area (Å²) >= 11 is 0. The molecular formula is C21H25NO2. The van der Waals surface area contributed by atoms with E-state index in [0.717, 1.165) is 28.7 Å². The number of amides is 1. The summed E-state index contributed by atoms with van der Waals surface area (Å²) in [6.07, 6.45) is 2.52. The molecule has 0 radical (unpaired) electrons. The van der Waals surface area contributed by atoms with Gasteiger partial charge < -0.3 is 10.1 Å². The van der Waals surface area contributed by atoms with Crippen LogP contribution in [-0.2, 0) is 22.7 Å². The highest BCUT2D eigenvalue weighted by molar-refractivity contribution is 5.95. The van der Waals surface area contributed by atoms with Gasteiger partial charge in [-0.05, 0) is 35.6 Å². The predicted molar refractivity (Wildman–Crippen MR) is 98.4 cm³/mol. The van der Waals surface area contributed by atoms with Crippen LogP contribution >= 0.6 is 0 Å². The summed E-state index contributed by atoms with van der Waals surface area (Å²) < 4.78 is 5.14. The number of nitrogens with one attached hydrogen (secondary N) is 1. The van der Waals surface area contributed by atoms with E-state index < -0.39 is 0 Å². The van der Waals surface area contributed by atoms with Gasteiger partial charge in [-0.25, -0.2) is 0 Å². The van der Waals surface area contributed by atoms with E-state index in [0.29, 0.717) is 13.2 Å². The molecule has 0 bridgehead atoms. The smallest absolute Gasteiger partial charge is 0.244 e. The number of carbonyl (C=O) groups is 1. The Labute approximate surface area is 144 Å². The summed E-state index contributed by atoms with van der Waals surface area (Å²) in [5, 5.41) is 2.96. The fourth-order valence-corrected chi connectivity index (χ4v) is 2.55. The first-order valence-corrected chi connectivity index (χ1v) is 8.24. The predicted octanol–water partition coefficient (Wildman–Crippen LogP) is 4.25. The minimum Gasteiger partial charge on any atom is -0.380 e. The highest BCUT2D eigenvalue weighted by Gasteiger charge is 2.04. The maximum atomic E-state index is 12.2. The Balaban J connectivity index is 2.00. The lowest BCUT2D eigenvalue weighted by Crippen LogP contribution is -2.20. The average Bonchev–Trinajstić information content (AvgIpc) is 2.59. The van der Waals surface area contributed by atoms with Crippen LogP contribution in [0.5, 0.6) is 0 Å². The Kier molecular flexibility index (Phi) is 6.76. The van der Waals surface area contributed by atoms with Crippen molar-refractivity contribution in [1.82, 2.24) is 5.32 Å². The van der Waals surface area contributed by atoms with Gasteiger partial charge >= 0.3 is 0 Å². The van der Waals surface area contributed by atoms with Gasteiger partial charge in [-0.15, -0.1) is 0 Å². The standard InChI is InChI=1S/C21H25NO2/c1-4-19(20-10-8-16(2)9-11-20)13-21(23)22-14-17-6-5-7-18(12-17)15-24-3/h5-13H,4,14-15H2,1-3H3,(H,22,23). The largest absolute Gasteiger partial charge is 0.380 e. The van der Waals surface area contributed by atoms with Crippen LogP contribution in [0.25, 0.3) is 5.57 Å². The minimum absolute atomic E-state index is 0.0652. The molecule has 3 nitrogen and oxygen atoms in total. The molecule has 0 aliphatic heterocycles. The Morgan fingerprint density at radius 1 is 1.12 bits per heavy atom. The molecule has 2 aromatic carbocycles. The summed E-state index contributed by atoms with van der Waals surface area (Å²) in [5.41, 5.74) is 5.53. The number of hydrogen-bond acceptors (Lipinski definition) is 2. The summed E-state index contributed by atoms with van der Waals surface area (Å²) in [7, 11) is 1.68. The molecule has 0 aliphatic rings. The molecule has 0 unspecified atom stereocenters. The van der Waals surface area contributed by atoms with Crippen molar-refractivity contribution in [3.63, 3.8) is 0 Å². The zero-order valence-electron chi connectivity index (χ0n) is 14.6. The molecule has 0 saturated heterocycles. The van der Waals surface area contributed by atoms with Crippen LogP contribution in [0.1, 0.15) is 35.6 Å². The van der Waals surface area contributed by atoms with Crippen LogP contribution in [0, 0.1) is 6.92 Å². The zero-order valence-corrected chi connectivity index (χ0v) is 14.6. The summed E-state index contributed by atoms with van der Waals surface area (Å²) in [6, 6.07) is 16.3. The van der Waals surface area contributed by atoms with E-state index in [1.807, 2.05) is 24.3 Å². The Bertz CT molecular complexity index is 702. The van der Waals surface area contributed by atoms with E-state index in [4.69, 9.17) is 4.74 Å². The van der Waals surface area contributed by atoms with E-state index in [9.17, 15) is 4.79 Å². The number of allylic oxidation sites excluding steroid dienone is 1. The van der Waals surface area contributed by atoms with Crippen LogP contribution < -0.4 is 5.32 Å². The van der Waals surface area contributed by atoms with E-state index in [2.05, 4.69) is 43.4 Å². The summed E-state index contributed by atoms with van der Waals surface area (Å²) in [4.78, 5) is 12.2. The molecule has 2 rings (SSSR count). The first kappa shape index (κ1) is 18.0. The lowest BCUT2D eigenvalue weighted by atomic mass is 10.0. The van der Waals surface area contributed by atoms with E-state index in [1.54, 1.807) is 13.2 Å². The third kappa shape index (κ3) is 5.36. The summed E-state index contributed by atoms with van der Waals surface area (Å²) in [6.45, 7) is 5.21. The van der Waals surface area contributed by atoms with Crippen LogP contribution in [0.15, 0.2) is 54.6 Å². The topological polar surface area (TPSA) is 38.3 Å². The Morgan fingerprint density at radius 2 is 1.83 bits per heavy atom. The van der Waals surface area contributed by atoms with E-state index in [1.165, 1.54) is 5.56 Å². The second-order valence-corrected chi connectivity index (χ2v) is 5.86. The Hall–Kier alpha value is -2.39. The van der Waals surface area contributed by atoms with Gasteiger partial charge in [0.1, 0.15) is 0 Å². The number of benzene rings is 2. The molecule has 0 saturated carbocycles. The maximum absolute atomic E-state index is 12.2. The highest BCUT2D eigenvalue weighted by atomic mass is 16.5. The highest BCUT2D eigenvalue weighted by Crippen LogP contribution is 2.18. The van der Waals surface area contributed by atoms with Crippen molar-refractivity contribution in [3.8, 4) is 0 Å². The van der Waals surface area contributed by atoms with Gasteiger partial charge in [-0.3, -0.25) is 4.79 Å². The van der Waals surface area contributed by atoms with Crippen molar-refractivity contribution in [3.05, 3.63) is 76.9 Å². The lowest BCUT2D eigenvalue weighted by Gasteiger charge is -2.08. The van der Waals surface area contributed by atoms with Crippen molar-refractivity contribution < 1.29 is 9.53 Å². The number of carbonyl (C=O) groups excluding carboxylic acids is 1. The zero-order chi connectivity index (χ0) is 17.4. The van der Waals surface area contributed by atoms with Gasteiger partial charge in [0.2, 0.25) is 5.91 Å². The molecule has 1 N–H and O–H groups in total. The van der Waals surface area contributed by atoms with Crippen molar-refractivity contribution >= 4 is 11.5 Å². The van der Waals surface area contributed by atoms with Gasteiger partial charge in [0.05, 0.1) is 6.61 Å². The van der Waals surface area contributed by atoms with Crippen LogP contribution in [0.4, 0.5) is 0 Å². The van der Waals surface area contributed by atoms with Gasteiger partial charge in [0, 0.05) is 19.7 Å². The van der Waals surface area contributed by atoms with E-state index in [-0.39, 0.29) is 5.91 Å². The minimum atomic E-state index is -0.0652. The maximum Gasteiger partial charge on any atom is 0.244 e. The van der Waals surface area contributed by atoms with Crippen LogP contribution in [0.2, 0.25) is 0 Å². The molecule has 2 aromatic rings. The molecule has 24 heavy (non-hydrogen) atoms. The molecule has 0 heterocycles. The molecule has 0 spiro atoms. The second-order valence-electron chi connectivity index (χ2n) is 5.86. The van der Waals surface area contributed by atoms with Gasteiger partial charge in [0.25, 0.3) is 0 Å².